The first-order valence-corrected chi connectivity index (χ1v) is 13.5. The number of ether oxygens (including phenoxy) is 2. The molecule has 1 saturated heterocycles. The lowest BCUT2D eigenvalue weighted by atomic mass is 9.72. The van der Waals surface area contributed by atoms with Gasteiger partial charge in [-0.15, -0.1) is 0 Å². The molecule has 6 rings (SSSR count). The summed E-state index contributed by atoms with van der Waals surface area (Å²) < 4.78 is 10.8. The first-order chi connectivity index (χ1) is 18.7. The smallest absolute Gasteiger partial charge is 0.259 e. The van der Waals surface area contributed by atoms with Crippen molar-refractivity contribution in [2.24, 2.45) is 11.8 Å². The standard InChI is InChI=1S/C30H33N5O3/c1-37-27-18-31-17-26(34-27)25-16-23-10-13-32-30(36)28(23)29(35-25)33-24-8-6-21(7-9-24)19-2-4-20(5-3-19)22-11-14-38-15-12-22/h6-10,13,16-20,22H,2-5,11-12,14-15H2,1H3,(H,32,36)(H,33,35). The number of H-pyrrole nitrogens is 1. The lowest BCUT2D eigenvalue weighted by Crippen LogP contribution is -2.26. The lowest BCUT2D eigenvalue weighted by molar-refractivity contribution is 0.0378. The number of nitrogens with zero attached hydrogens (tertiary/aromatic N) is 3. The van der Waals surface area contributed by atoms with Gasteiger partial charge in [0, 0.05) is 25.1 Å². The number of nitrogens with one attached hydrogen (secondary N) is 2. The number of benzene rings is 1. The number of anilines is 2. The minimum Gasteiger partial charge on any atom is -0.480 e. The Morgan fingerprint density at radius 1 is 0.921 bits per heavy atom. The van der Waals surface area contributed by atoms with Gasteiger partial charge >= 0.3 is 0 Å². The van der Waals surface area contributed by atoms with E-state index < -0.39 is 0 Å². The van der Waals surface area contributed by atoms with E-state index in [0.29, 0.717) is 34.4 Å². The van der Waals surface area contributed by atoms with E-state index in [4.69, 9.17) is 14.5 Å². The van der Waals surface area contributed by atoms with Crippen LogP contribution in [0.15, 0.2) is 59.8 Å². The number of aromatic nitrogens is 4. The minimum absolute atomic E-state index is 0.196. The summed E-state index contributed by atoms with van der Waals surface area (Å²) in [6, 6.07) is 12.3. The zero-order valence-corrected chi connectivity index (χ0v) is 21.7. The molecule has 0 amide bonds. The highest BCUT2D eigenvalue weighted by molar-refractivity contribution is 5.94. The Hall–Kier alpha value is -3.78. The fourth-order valence-corrected chi connectivity index (χ4v) is 6.09. The van der Waals surface area contributed by atoms with Gasteiger partial charge in [-0.05, 0) is 91.5 Å². The highest BCUT2D eigenvalue weighted by Gasteiger charge is 2.29. The number of rotatable bonds is 6. The fraction of sp³-hybridized carbons (Fsp3) is 0.400. The van der Waals surface area contributed by atoms with Gasteiger partial charge in [-0.1, -0.05) is 12.1 Å². The SMILES string of the molecule is COc1cncc(-c2cc3cc[nH]c(=O)c3c(Nc3ccc(C4CCC(C5CCOCC5)CC4)cc3)n2)n1. The first-order valence-electron chi connectivity index (χ1n) is 13.5. The van der Waals surface area contributed by atoms with E-state index >= 15 is 0 Å². The van der Waals surface area contributed by atoms with Crippen LogP contribution in [0.25, 0.3) is 22.2 Å². The van der Waals surface area contributed by atoms with E-state index in [1.54, 1.807) is 25.7 Å². The second kappa shape index (κ2) is 10.9. The van der Waals surface area contributed by atoms with Crippen molar-refractivity contribution in [3.8, 4) is 17.3 Å². The van der Waals surface area contributed by atoms with E-state index in [1.165, 1.54) is 44.1 Å². The molecule has 8 nitrogen and oxygen atoms in total. The fourth-order valence-electron chi connectivity index (χ4n) is 6.09. The first kappa shape index (κ1) is 24.6. The van der Waals surface area contributed by atoms with Gasteiger partial charge in [0.15, 0.2) is 0 Å². The molecule has 8 heteroatoms. The summed E-state index contributed by atoms with van der Waals surface area (Å²) in [7, 11) is 1.55. The second-order valence-corrected chi connectivity index (χ2v) is 10.4. The van der Waals surface area contributed by atoms with E-state index in [-0.39, 0.29) is 5.56 Å². The van der Waals surface area contributed by atoms with E-state index in [0.717, 1.165) is 36.1 Å². The van der Waals surface area contributed by atoms with Crippen LogP contribution in [0.2, 0.25) is 0 Å². The van der Waals surface area contributed by atoms with Gasteiger partial charge in [-0.25, -0.2) is 9.97 Å². The summed E-state index contributed by atoms with van der Waals surface area (Å²) in [5.41, 5.74) is 3.25. The highest BCUT2D eigenvalue weighted by Crippen LogP contribution is 2.41. The highest BCUT2D eigenvalue weighted by atomic mass is 16.5. The van der Waals surface area contributed by atoms with Crippen LogP contribution in [-0.2, 0) is 4.74 Å². The van der Waals surface area contributed by atoms with Crippen LogP contribution in [0, 0.1) is 11.8 Å². The molecule has 0 bridgehead atoms. The van der Waals surface area contributed by atoms with Crippen molar-refractivity contribution >= 4 is 22.3 Å². The Labute approximate surface area is 221 Å². The van der Waals surface area contributed by atoms with Crippen LogP contribution in [0.5, 0.6) is 5.88 Å². The van der Waals surface area contributed by atoms with Gasteiger partial charge in [0.2, 0.25) is 5.88 Å². The Kier molecular flexibility index (Phi) is 7.05. The van der Waals surface area contributed by atoms with Crippen LogP contribution < -0.4 is 15.6 Å². The van der Waals surface area contributed by atoms with Crippen LogP contribution in [-0.4, -0.2) is 40.3 Å². The monoisotopic (exact) mass is 511 g/mol. The van der Waals surface area contributed by atoms with Crippen molar-refractivity contribution in [1.29, 1.82) is 0 Å². The predicted octanol–water partition coefficient (Wildman–Crippen LogP) is 5.83. The molecule has 4 aromatic rings. The number of fused-ring (bicyclic) bond motifs is 1. The molecule has 1 aromatic carbocycles. The Bertz CT molecular complexity index is 1460. The summed E-state index contributed by atoms with van der Waals surface area (Å²) in [5, 5.41) is 4.65. The molecule has 2 fully saturated rings. The molecule has 1 aliphatic heterocycles. The van der Waals surface area contributed by atoms with E-state index in [1.807, 2.05) is 12.1 Å². The maximum absolute atomic E-state index is 12.7. The second-order valence-electron chi connectivity index (χ2n) is 10.4. The topological polar surface area (TPSA) is 102 Å². The molecule has 0 unspecified atom stereocenters. The zero-order chi connectivity index (χ0) is 25.9. The molecular formula is C30H33N5O3. The molecule has 2 N–H and O–H groups in total. The van der Waals surface area contributed by atoms with Crippen molar-refractivity contribution < 1.29 is 9.47 Å². The molecule has 1 saturated carbocycles. The number of methoxy groups -OCH3 is 1. The quantitative estimate of drug-likeness (QED) is 0.336. The molecule has 3 aromatic heterocycles. The molecule has 2 aliphatic rings. The van der Waals surface area contributed by atoms with Gasteiger partial charge in [0.05, 0.1) is 30.6 Å². The Morgan fingerprint density at radius 3 is 2.45 bits per heavy atom. The summed E-state index contributed by atoms with van der Waals surface area (Å²) in [5.74, 6) is 3.20. The third-order valence-corrected chi connectivity index (χ3v) is 8.19. The average Bonchev–Trinajstić information content (AvgIpc) is 2.98. The predicted molar refractivity (Wildman–Crippen MR) is 148 cm³/mol. The number of pyridine rings is 2. The minimum atomic E-state index is -0.196. The van der Waals surface area contributed by atoms with E-state index in [2.05, 4.69) is 44.5 Å². The molecule has 196 valence electrons. The molecule has 1 aliphatic carbocycles. The van der Waals surface area contributed by atoms with Crippen molar-refractivity contribution in [1.82, 2.24) is 19.9 Å². The van der Waals surface area contributed by atoms with Crippen LogP contribution >= 0.6 is 0 Å². The van der Waals surface area contributed by atoms with E-state index in [9.17, 15) is 4.79 Å². The molecule has 0 radical (unpaired) electrons. The normalized spacial score (nSPS) is 20.3. The Balaban J connectivity index is 1.22. The molecule has 0 spiro atoms. The number of hydrogen-bond acceptors (Lipinski definition) is 7. The molecule has 38 heavy (non-hydrogen) atoms. The third kappa shape index (κ3) is 5.13. The van der Waals surface area contributed by atoms with Gasteiger partial charge in [-0.2, -0.15) is 0 Å². The van der Waals surface area contributed by atoms with Gasteiger partial charge in [0.25, 0.3) is 5.56 Å². The number of hydrogen-bond donors (Lipinski definition) is 2. The van der Waals surface area contributed by atoms with Gasteiger partial charge in [-0.3, -0.25) is 9.78 Å². The van der Waals surface area contributed by atoms with Gasteiger partial charge < -0.3 is 19.8 Å². The third-order valence-electron chi connectivity index (χ3n) is 8.19. The summed E-state index contributed by atoms with van der Waals surface area (Å²) in [6.45, 7) is 1.87. The summed E-state index contributed by atoms with van der Waals surface area (Å²) in [4.78, 5) is 29.0. The number of aromatic amines is 1. The Morgan fingerprint density at radius 2 is 1.68 bits per heavy atom. The summed E-state index contributed by atoms with van der Waals surface area (Å²) in [6.07, 6.45) is 12.4. The molecule has 4 heterocycles. The van der Waals surface area contributed by atoms with Crippen molar-refractivity contribution in [3.05, 3.63) is 70.9 Å². The van der Waals surface area contributed by atoms with Crippen molar-refractivity contribution in [2.45, 2.75) is 44.4 Å². The van der Waals surface area contributed by atoms with Crippen LogP contribution in [0.1, 0.15) is 50.0 Å². The van der Waals surface area contributed by atoms with Crippen molar-refractivity contribution in [3.63, 3.8) is 0 Å². The summed E-state index contributed by atoms with van der Waals surface area (Å²) >= 11 is 0. The maximum atomic E-state index is 12.7. The zero-order valence-electron chi connectivity index (χ0n) is 21.7. The van der Waals surface area contributed by atoms with Gasteiger partial charge in [0.1, 0.15) is 11.5 Å². The van der Waals surface area contributed by atoms with Crippen LogP contribution in [0.4, 0.5) is 11.5 Å². The maximum Gasteiger partial charge on any atom is 0.259 e. The largest absolute Gasteiger partial charge is 0.480 e. The van der Waals surface area contributed by atoms with Crippen LogP contribution in [0.3, 0.4) is 0 Å². The lowest BCUT2D eigenvalue weighted by Gasteiger charge is -2.36. The molecular weight excluding hydrogens is 478 g/mol. The van der Waals surface area contributed by atoms with Crippen molar-refractivity contribution in [2.75, 3.05) is 25.6 Å². The average molecular weight is 512 g/mol. The molecule has 0 atom stereocenters.